The first-order valence-corrected chi connectivity index (χ1v) is 16.9. The number of hydrogen-bond donors (Lipinski definition) is 0. The molecule has 1 amide bonds. The van der Waals surface area contributed by atoms with Gasteiger partial charge in [0.1, 0.15) is 24.1 Å². The highest BCUT2D eigenvalue weighted by Gasteiger charge is 2.36. The van der Waals surface area contributed by atoms with Crippen molar-refractivity contribution in [1.82, 2.24) is 9.47 Å². The first-order chi connectivity index (χ1) is 22.6. The summed E-state index contributed by atoms with van der Waals surface area (Å²) < 4.78 is 25.7. The fraction of sp³-hybridized carbons (Fsp3) is 0.286. The summed E-state index contributed by atoms with van der Waals surface area (Å²) in [6.45, 7) is 6.98. The standard InChI is InChI=1S/C35H35BrClN3O6S/c1-7-39(8-2)34(42)30-20(3)38-35-40(31(30)25-18-24(43-4)13-14-27(25)44-5)33(41)29(47-35)17-22-15-26(36)32(28(16-22)45-6)46-19-21-9-11-23(37)12-10-21/h9-18,31H,7-8,19H2,1-6H3/b29-17+/t31-/m1/s1. The summed E-state index contributed by atoms with van der Waals surface area (Å²) in [5.41, 5.74) is 2.94. The van der Waals surface area contributed by atoms with Crippen molar-refractivity contribution in [3.05, 3.63) is 112 Å². The quantitative estimate of drug-likeness (QED) is 0.184. The molecule has 0 unspecified atom stereocenters. The summed E-state index contributed by atoms with van der Waals surface area (Å²) in [7, 11) is 4.69. The third kappa shape index (κ3) is 6.97. The van der Waals surface area contributed by atoms with Gasteiger partial charge in [0.25, 0.3) is 11.5 Å². The minimum Gasteiger partial charge on any atom is -0.497 e. The Labute approximate surface area is 290 Å². The molecule has 0 aliphatic carbocycles. The topological polar surface area (TPSA) is 91.6 Å². The Morgan fingerprint density at radius 2 is 1.72 bits per heavy atom. The first kappa shape index (κ1) is 34.3. The van der Waals surface area contributed by atoms with Crippen molar-refractivity contribution in [2.75, 3.05) is 34.4 Å². The lowest BCUT2D eigenvalue weighted by atomic mass is 9.93. The number of amides is 1. The van der Waals surface area contributed by atoms with E-state index in [-0.39, 0.29) is 11.5 Å². The highest BCUT2D eigenvalue weighted by Crippen LogP contribution is 2.39. The maximum Gasteiger partial charge on any atom is 0.271 e. The van der Waals surface area contributed by atoms with Crippen LogP contribution in [-0.4, -0.2) is 49.8 Å². The van der Waals surface area contributed by atoms with Gasteiger partial charge in [-0.3, -0.25) is 14.2 Å². The molecule has 0 saturated heterocycles. The molecule has 1 aliphatic heterocycles. The Bertz CT molecular complexity index is 2020. The summed E-state index contributed by atoms with van der Waals surface area (Å²) in [6.07, 6.45) is 1.78. The van der Waals surface area contributed by atoms with Gasteiger partial charge in [-0.2, -0.15) is 0 Å². The number of rotatable bonds is 11. The van der Waals surface area contributed by atoms with Gasteiger partial charge in [-0.1, -0.05) is 35.1 Å². The number of fused-ring (bicyclic) bond motifs is 1. The molecule has 1 atom stereocenters. The molecule has 0 saturated carbocycles. The van der Waals surface area contributed by atoms with Gasteiger partial charge in [0, 0.05) is 23.7 Å². The normalized spacial score (nSPS) is 14.4. The third-order valence-corrected chi connectivity index (χ3v) is 9.70. The average Bonchev–Trinajstić information content (AvgIpc) is 3.37. The Morgan fingerprint density at radius 1 is 1.02 bits per heavy atom. The average molecular weight is 741 g/mol. The van der Waals surface area contributed by atoms with Crippen LogP contribution in [-0.2, 0) is 11.4 Å². The predicted molar refractivity (Wildman–Crippen MR) is 188 cm³/mol. The van der Waals surface area contributed by atoms with Crippen LogP contribution in [0.4, 0.5) is 0 Å². The minimum atomic E-state index is -0.795. The molecule has 1 aromatic heterocycles. The van der Waals surface area contributed by atoms with Crippen molar-refractivity contribution in [3.8, 4) is 23.0 Å². The van der Waals surface area contributed by atoms with E-state index in [1.54, 1.807) is 62.0 Å². The number of halogens is 2. The maximum atomic E-state index is 14.3. The third-order valence-electron chi connectivity index (χ3n) is 7.88. The Balaban J connectivity index is 1.63. The van der Waals surface area contributed by atoms with E-state index in [0.717, 1.165) is 5.56 Å². The molecule has 0 N–H and O–H groups in total. The van der Waals surface area contributed by atoms with Gasteiger partial charge >= 0.3 is 0 Å². The smallest absolute Gasteiger partial charge is 0.271 e. The molecule has 5 rings (SSSR count). The summed E-state index contributed by atoms with van der Waals surface area (Å²) in [5.74, 6) is 1.93. The van der Waals surface area contributed by atoms with Crippen molar-refractivity contribution in [2.24, 2.45) is 4.99 Å². The Kier molecular flexibility index (Phi) is 10.8. The summed E-state index contributed by atoms with van der Waals surface area (Å²) in [5, 5.41) is 0.651. The lowest BCUT2D eigenvalue weighted by Gasteiger charge is -2.30. The first-order valence-electron chi connectivity index (χ1n) is 14.9. The number of ether oxygens (including phenoxy) is 4. The van der Waals surface area contributed by atoms with E-state index in [1.807, 2.05) is 50.2 Å². The largest absolute Gasteiger partial charge is 0.497 e. The minimum absolute atomic E-state index is 0.191. The maximum absolute atomic E-state index is 14.3. The molecule has 0 spiro atoms. The molecule has 12 heteroatoms. The zero-order chi connectivity index (χ0) is 33.8. The molecule has 3 aromatic carbocycles. The van der Waals surface area contributed by atoms with Crippen LogP contribution in [0.2, 0.25) is 5.02 Å². The monoisotopic (exact) mass is 739 g/mol. The molecule has 246 valence electrons. The van der Waals surface area contributed by atoms with Crippen LogP contribution in [0.25, 0.3) is 6.08 Å². The second-order valence-electron chi connectivity index (χ2n) is 10.6. The van der Waals surface area contributed by atoms with Crippen molar-refractivity contribution in [1.29, 1.82) is 0 Å². The molecule has 4 aromatic rings. The molecule has 2 heterocycles. The number of thiazole rings is 1. The van der Waals surface area contributed by atoms with E-state index in [9.17, 15) is 9.59 Å². The van der Waals surface area contributed by atoms with E-state index in [0.29, 0.717) is 83.9 Å². The highest BCUT2D eigenvalue weighted by molar-refractivity contribution is 9.10. The van der Waals surface area contributed by atoms with Gasteiger partial charge < -0.3 is 23.8 Å². The second-order valence-corrected chi connectivity index (χ2v) is 12.9. The highest BCUT2D eigenvalue weighted by atomic mass is 79.9. The summed E-state index contributed by atoms with van der Waals surface area (Å²) in [4.78, 5) is 35.3. The van der Waals surface area contributed by atoms with Gasteiger partial charge in [0.05, 0.1) is 41.6 Å². The van der Waals surface area contributed by atoms with E-state index in [1.165, 1.54) is 11.3 Å². The molecule has 47 heavy (non-hydrogen) atoms. The number of benzene rings is 3. The van der Waals surface area contributed by atoms with Crippen molar-refractivity contribution in [3.63, 3.8) is 0 Å². The van der Waals surface area contributed by atoms with Crippen LogP contribution in [0.15, 0.2) is 80.1 Å². The van der Waals surface area contributed by atoms with Crippen LogP contribution in [0.3, 0.4) is 0 Å². The van der Waals surface area contributed by atoms with Crippen LogP contribution in [0.1, 0.15) is 43.5 Å². The van der Waals surface area contributed by atoms with Gasteiger partial charge in [0.2, 0.25) is 0 Å². The number of carbonyl (C=O) groups is 1. The van der Waals surface area contributed by atoms with E-state index in [4.69, 9.17) is 35.5 Å². The fourth-order valence-electron chi connectivity index (χ4n) is 5.47. The number of hydrogen-bond acceptors (Lipinski definition) is 8. The van der Waals surface area contributed by atoms with Gasteiger partial charge in [-0.05, 0) is 96.4 Å². The number of methoxy groups -OCH3 is 3. The molecular weight excluding hydrogens is 706 g/mol. The van der Waals surface area contributed by atoms with E-state index in [2.05, 4.69) is 15.9 Å². The summed E-state index contributed by atoms with van der Waals surface area (Å²) >= 11 is 10.9. The summed E-state index contributed by atoms with van der Waals surface area (Å²) in [6, 6.07) is 15.7. The van der Waals surface area contributed by atoms with Crippen LogP contribution in [0, 0.1) is 0 Å². The molecule has 9 nitrogen and oxygen atoms in total. The molecule has 0 radical (unpaired) electrons. The Morgan fingerprint density at radius 3 is 2.36 bits per heavy atom. The van der Waals surface area contributed by atoms with Crippen LogP contribution >= 0.6 is 38.9 Å². The number of aromatic nitrogens is 1. The molecule has 0 fully saturated rings. The fourth-order valence-corrected chi connectivity index (χ4v) is 7.22. The van der Waals surface area contributed by atoms with Crippen molar-refractivity contribution in [2.45, 2.75) is 33.4 Å². The van der Waals surface area contributed by atoms with E-state index < -0.39 is 6.04 Å². The van der Waals surface area contributed by atoms with Gasteiger partial charge in [-0.15, -0.1) is 0 Å². The molecule has 1 aliphatic rings. The predicted octanol–water partition coefficient (Wildman–Crippen LogP) is 6.12. The second kappa shape index (κ2) is 14.8. The van der Waals surface area contributed by atoms with Crippen LogP contribution in [0.5, 0.6) is 23.0 Å². The van der Waals surface area contributed by atoms with Crippen molar-refractivity contribution < 1.29 is 23.7 Å². The lowest BCUT2D eigenvalue weighted by Crippen LogP contribution is -2.43. The van der Waals surface area contributed by atoms with Crippen LogP contribution < -0.4 is 33.8 Å². The number of carbonyl (C=O) groups excluding carboxylic acids is 1. The SMILES string of the molecule is CCN(CC)C(=O)C1=C(C)N=c2s/c(=C/c3cc(Br)c(OCc4ccc(Cl)cc4)c(OC)c3)c(=O)n2[C@@H]1c1cc(OC)ccc1OC. The molecular formula is C35H35BrClN3O6S. The lowest BCUT2D eigenvalue weighted by molar-refractivity contribution is -0.127. The Hall–Kier alpha value is -4.06. The zero-order valence-corrected chi connectivity index (χ0v) is 30.1. The number of likely N-dealkylation sites (N-methyl/N-ethyl adjacent to an activating group) is 1. The molecule has 0 bridgehead atoms. The van der Waals surface area contributed by atoms with Crippen molar-refractivity contribution >= 4 is 50.9 Å². The van der Waals surface area contributed by atoms with Gasteiger partial charge in [0.15, 0.2) is 16.3 Å². The van der Waals surface area contributed by atoms with E-state index >= 15 is 0 Å². The number of nitrogens with zero attached hydrogens (tertiary/aromatic N) is 3. The number of allylic oxidation sites excluding steroid dienone is 1. The van der Waals surface area contributed by atoms with Gasteiger partial charge in [-0.25, -0.2) is 4.99 Å². The zero-order valence-electron chi connectivity index (χ0n) is 26.9.